The number of aliphatic hydroxyl groups is 1. The Morgan fingerprint density at radius 2 is 2.20 bits per heavy atom. The molecule has 3 heteroatoms. The van der Waals surface area contributed by atoms with E-state index in [1.165, 1.54) is 0 Å². The molecule has 10 heavy (non-hydrogen) atoms. The molecule has 0 spiro atoms. The van der Waals surface area contributed by atoms with Crippen molar-refractivity contribution in [2.75, 3.05) is 13.2 Å². The van der Waals surface area contributed by atoms with Crippen LogP contribution in [0.1, 0.15) is 13.8 Å². The summed E-state index contributed by atoms with van der Waals surface area (Å²) in [5, 5.41) is 8.67. The summed E-state index contributed by atoms with van der Waals surface area (Å²) in [6.45, 7) is 9.34. The Kier molecular flexibility index (Phi) is 3.04. The van der Waals surface area contributed by atoms with Crippen LogP contribution < -0.4 is 0 Å². The van der Waals surface area contributed by atoms with Gasteiger partial charge in [0.05, 0.1) is 12.0 Å². The Balaban J connectivity index is 4.08. The highest BCUT2D eigenvalue weighted by Gasteiger charge is 2.28. The van der Waals surface area contributed by atoms with Crippen molar-refractivity contribution in [2.45, 2.75) is 13.8 Å². The van der Waals surface area contributed by atoms with Crippen LogP contribution in [0.5, 0.6) is 0 Å². The van der Waals surface area contributed by atoms with Crippen LogP contribution in [0.15, 0.2) is 0 Å². The van der Waals surface area contributed by atoms with Crippen LogP contribution in [-0.2, 0) is 4.79 Å². The molecular formula is C7H11NO2. The Morgan fingerprint density at radius 1 is 1.70 bits per heavy atom. The van der Waals surface area contributed by atoms with Crippen LogP contribution in [0.25, 0.3) is 4.85 Å². The number of aliphatic hydroxyl groups excluding tert-OH is 1. The second-order valence-corrected chi connectivity index (χ2v) is 2.78. The molecule has 3 nitrogen and oxygen atoms in total. The highest BCUT2D eigenvalue weighted by Crippen LogP contribution is 2.14. The molecule has 0 heterocycles. The van der Waals surface area contributed by atoms with E-state index in [0.717, 1.165) is 0 Å². The van der Waals surface area contributed by atoms with E-state index in [9.17, 15) is 4.79 Å². The third-order valence-corrected chi connectivity index (χ3v) is 1.37. The molecule has 0 atom stereocenters. The first-order chi connectivity index (χ1) is 4.54. The van der Waals surface area contributed by atoms with Gasteiger partial charge in [-0.2, -0.15) is 0 Å². The zero-order chi connectivity index (χ0) is 8.20. The molecule has 0 aliphatic heterocycles. The molecule has 0 aliphatic carbocycles. The average molecular weight is 141 g/mol. The minimum absolute atomic E-state index is 0.131. The largest absolute Gasteiger partial charge is 0.395 e. The summed E-state index contributed by atoms with van der Waals surface area (Å²) >= 11 is 0. The highest BCUT2D eigenvalue weighted by atomic mass is 16.3. The number of hydrogen-bond donors (Lipinski definition) is 1. The Hall–Kier alpha value is -0.880. The molecule has 0 aromatic rings. The molecule has 0 aromatic carbocycles. The molecule has 1 N–H and O–H groups in total. The topological polar surface area (TPSA) is 41.7 Å². The molecular weight excluding hydrogens is 130 g/mol. The molecule has 0 fully saturated rings. The van der Waals surface area contributed by atoms with E-state index in [-0.39, 0.29) is 18.9 Å². The van der Waals surface area contributed by atoms with E-state index < -0.39 is 5.41 Å². The molecule has 0 aliphatic rings. The van der Waals surface area contributed by atoms with Gasteiger partial charge in [-0.25, -0.2) is 6.57 Å². The minimum atomic E-state index is -0.745. The summed E-state index contributed by atoms with van der Waals surface area (Å²) in [5.74, 6) is -0.204. The number of hydrogen-bond acceptors (Lipinski definition) is 2. The van der Waals surface area contributed by atoms with Gasteiger partial charge in [0.1, 0.15) is 0 Å². The van der Waals surface area contributed by atoms with E-state index in [1.54, 1.807) is 13.8 Å². The van der Waals surface area contributed by atoms with Crippen LogP contribution in [0.2, 0.25) is 0 Å². The first-order valence-electron chi connectivity index (χ1n) is 3.02. The summed E-state index contributed by atoms with van der Waals surface area (Å²) in [7, 11) is 0. The molecule has 0 saturated carbocycles. The first-order valence-corrected chi connectivity index (χ1v) is 3.02. The molecule has 0 radical (unpaired) electrons. The number of carbonyl (C=O) groups excluding carboxylic acids is 1. The smallest absolute Gasteiger partial charge is 0.272 e. The minimum Gasteiger partial charge on any atom is -0.395 e. The van der Waals surface area contributed by atoms with Crippen LogP contribution in [0.3, 0.4) is 0 Å². The fourth-order valence-corrected chi connectivity index (χ4v) is 0.374. The van der Waals surface area contributed by atoms with Gasteiger partial charge in [-0.15, -0.1) is 0 Å². The summed E-state index contributed by atoms with van der Waals surface area (Å²) in [4.78, 5) is 13.9. The van der Waals surface area contributed by atoms with Gasteiger partial charge in [-0.3, -0.25) is 4.79 Å². The number of Topliss-reactive ketones (excluding diaryl/α,β-unsaturated/α-hetero) is 1. The third kappa shape index (κ3) is 2.16. The molecule has 0 bridgehead atoms. The second kappa shape index (κ2) is 3.33. The van der Waals surface area contributed by atoms with Crippen molar-refractivity contribution in [2.24, 2.45) is 5.41 Å². The highest BCUT2D eigenvalue weighted by molar-refractivity contribution is 5.87. The molecule has 0 saturated heterocycles. The maximum atomic E-state index is 10.9. The van der Waals surface area contributed by atoms with Crippen molar-refractivity contribution < 1.29 is 9.90 Å². The van der Waals surface area contributed by atoms with Crippen LogP contribution in [0.4, 0.5) is 0 Å². The van der Waals surface area contributed by atoms with E-state index in [0.29, 0.717) is 0 Å². The van der Waals surface area contributed by atoms with Crippen molar-refractivity contribution >= 4 is 5.78 Å². The van der Waals surface area contributed by atoms with Crippen molar-refractivity contribution in [1.29, 1.82) is 0 Å². The van der Waals surface area contributed by atoms with Gasteiger partial charge in [-0.1, -0.05) is 13.8 Å². The van der Waals surface area contributed by atoms with E-state index in [4.69, 9.17) is 11.7 Å². The quantitative estimate of drug-likeness (QED) is 0.581. The molecule has 0 rings (SSSR count). The van der Waals surface area contributed by atoms with Crippen LogP contribution in [-0.4, -0.2) is 24.0 Å². The number of carbonyl (C=O) groups is 1. The Bertz CT molecular complexity index is 167. The zero-order valence-electron chi connectivity index (χ0n) is 6.22. The summed E-state index contributed by atoms with van der Waals surface area (Å²) < 4.78 is 0. The lowest BCUT2D eigenvalue weighted by atomic mass is 9.89. The van der Waals surface area contributed by atoms with Crippen molar-refractivity contribution in [3.63, 3.8) is 0 Å². The lowest BCUT2D eigenvalue weighted by Crippen LogP contribution is -2.29. The van der Waals surface area contributed by atoms with Gasteiger partial charge >= 0.3 is 0 Å². The van der Waals surface area contributed by atoms with Gasteiger partial charge in [0.25, 0.3) is 6.54 Å². The summed E-state index contributed by atoms with van der Waals surface area (Å²) in [6, 6.07) is 0. The second-order valence-electron chi connectivity index (χ2n) is 2.78. The maximum absolute atomic E-state index is 10.9. The monoisotopic (exact) mass is 141 g/mol. The normalized spacial score (nSPS) is 10.6. The van der Waals surface area contributed by atoms with E-state index >= 15 is 0 Å². The Morgan fingerprint density at radius 3 is 2.50 bits per heavy atom. The predicted octanol–water partition coefficient (Wildman–Crippen LogP) is 0.493. The molecule has 0 aromatic heterocycles. The SMILES string of the molecule is [C-]#[N+]CC(=O)C(C)(C)CO. The van der Waals surface area contributed by atoms with Crippen molar-refractivity contribution in [1.82, 2.24) is 0 Å². The van der Waals surface area contributed by atoms with Crippen molar-refractivity contribution in [3.05, 3.63) is 11.4 Å². The lowest BCUT2D eigenvalue weighted by Gasteiger charge is -2.15. The summed E-state index contributed by atoms with van der Waals surface area (Å²) in [5.41, 5.74) is -0.745. The van der Waals surface area contributed by atoms with Gasteiger partial charge in [-0.05, 0) is 0 Å². The maximum Gasteiger partial charge on any atom is 0.272 e. The number of ketones is 1. The van der Waals surface area contributed by atoms with Crippen molar-refractivity contribution in [3.8, 4) is 0 Å². The van der Waals surface area contributed by atoms with Crippen LogP contribution in [0, 0.1) is 12.0 Å². The van der Waals surface area contributed by atoms with Gasteiger partial charge in [0.15, 0.2) is 0 Å². The number of nitrogens with zero attached hydrogens (tertiary/aromatic N) is 1. The summed E-state index contributed by atoms with van der Waals surface area (Å²) in [6.07, 6.45) is 0. The van der Waals surface area contributed by atoms with Gasteiger partial charge in [0, 0.05) is 0 Å². The first kappa shape index (κ1) is 9.12. The van der Waals surface area contributed by atoms with Gasteiger partial charge in [0.2, 0.25) is 5.78 Å². The Labute approximate surface area is 60.5 Å². The predicted molar refractivity (Wildman–Crippen MR) is 37.3 cm³/mol. The van der Waals surface area contributed by atoms with E-state index in [2.05, 4.69) is 4.85 Å². The number of rotatable bonds is 3. The average Bonchev–Trinajstić information content (AvgIpc) is 1.89. The van der Waals surface area contributed by atoms with E-state index in [1.807, 2.05) is 0 Å². The molecule has 56 valence electrons. The standard InChI is InChI=1S/C7H11NO2/c1-7(2,5-9)6(10)4-8-3/h9H,4-5H2,1-2H3. The molecule has 0 amide bonds. The third-order valence-electron chi connectivity index (χ3n) is 1.37. The fraction of sp³-hybridized carbons (Fsp3) is 0.714. The zero-order valence-corrected chi connectivity index (χ0v) is 6.22. The molecule has 0 unspecified atom stereocenters. The van der Waals surface area contributed by atoms with Crippen LogP contribution >= 0.6 is 0 Å². The van der Waals surface area contributed by atoms with Gasteiger partial charge < -0.3 is 9.95 Å². The lowest BCUT2D eigenvalue weighted by molar-refractivity contribution is -0.126. The fourth-order valence-electron chi connectivity index (χ4n) is 0.374.